The zero-order valence-electron chi connectivity index (χ0n) is 5.96. The fourth-order valence-electron chi connectivity index (χ4n) is 0.433. The van der Waals surface area contributed by atoms with E-state index in [1.54, 1.807) is 0 Å². The van der Waals surface area contributed by atoms with Crippen LogP contribution in [-0.4, -0.2) is 22.8 Å². The predicted octanol–water partition coefficient (Wildman–Crippen LogP) is 0.335. The Kier molecular flexibility index (Phi) is 3.02. The second-order valence-corrected chi connectivity index (χ2v) is 6.03. The monoisotopic (exact) mass is 151 g/mol. The molecule has 0 aliphatic heterocycles. The highest BCUT2D eigenvalue weighted by atomic mass is 35.5. The van der Waals surface area contributed by atoms with Gasteiger partial charge in [0.1, 0.15) is 0 Å². The van der Waals surface area contributed by atoms with Gasteiger partial charge in [-0.1, -0.05) is 13.8 Å². The third kappa shape index (κ3) is 2.70. The quantitative estimate of drug-likeness (QED) is 0.341. The lowest BCUT2D eigenvalue weighted by molar-refractivity contribution is 0.566. The van der Waals surface area contributed by atoms with E-state index >= 15 is 0 Å². The molecule has 0 aliphatic rings. The molecule has 0 saturated carbocycles. The molecule has 0 radical (unpaired) electrons. The zero-order chi connectivity index (χ0) is 6.78. The van der Waals surface area contributed by atoms with Crippen molar-refractivity contribution in [2.24, 2.45) is 0 Å². The molecule has 0 aromatic carbocycles. The Bertz CT molecular complexity index is 69.3. The van der Waals surface area contributed by atoms with Crippen LogP contribution in [0.25, 0.3) is 0 Å². The van der Waals surface area contributed by atoms with Gasteiger partial charge in [-0.15, -0.1) is 11.6 Å². The first kappa shape index (κ1) is 8.47. The highest BCUT2D eigenvalue weighted by molar-refractivity contribution is 6.27. The third-order valence-electron chi connectivity index (χ3n) is 1.01. The minimum absolute atomic E-state index is 0.133. The summed E-state index contributed by atoms with van der Waals surface area (Å²) in [5.74, 6) is 0. The van der Waals surface area contributed by atoms with Gasteiger partial charge in [0, 0.05) is 10.2 Å². The molecule has 0 fully saturated rings. The molecule has 0 rings (SSSR count). The molecule has 50 valence electrons. The summed E-state index contributed by atoms with van der Waals surface area (Å²) in [6.07, 6.45) is 0. The number of alkyl halides is 1. The number of hydrogen-bond donors (Lipinski definition) is 1. The molecule has 0 saturated heterocycles. The van der Waals surface area contributed by atoms with Crippen LogP contribution < -0.4 is 5.32 Å². The highest BCUT2D eigenvalue weighted by Gasteiger charge is 2.19. The van der Waals surface area contributed by atoms with E-state index in [2.05, 4.69) is 19.2 Å². The van der Waals surface area contributed by atoms with E-state index in [1.807, 2.05) is 7.05 Å². The first-order valence-electron chi connectivity index (χ1n) is 2.80. The van der Waals surface area contributed by atoms with E-state index in [4.69, 9.17) is 11.6 Å². The van der Waals surface area contributed by atoms with Gasteiger partial charge in [0.25, 0.3) is 0 Å². The summed E-state index contributed by atoms with van der Waals surface area (Å²) in [7, 11) is 3.01. The summed E-state index contributed by atoms with van der Waals surface area (Å²) >= 11 is 5.86. The van der Waals surface area contributed by atoms with Gasteiger partial charge in [0.15, 0.2) is 0 Å². The van der Waals surface area contributed by atoms with Gasteiger partial charge in [-0.25, -0.2) is 0 Å². The second kappa shape index (κ2) is 2.85. The van der Waals surface area contributed by atoms with Crippen LogP contribution in [-0.2, 0) is 0 Å². The Balaban J connectivity index is 3.62. The van der Waals surface area contributed by atoms with Crippen LogP contribution in [0.3, 0.4) is 0 Å². The van der Waals surface area contributed by atoms with Crippen molar-refractivity contribution in [2.75, 3.05) is 7.05 Å². The summed E-state index contributed by atoms with van der Waals surface area (Å²) in [6.45, 7) is 4.32. The van der Waals surface area contributed by atoms with E-state index in [-0.39, 0.29) is 5.50 Å². The molecule has 0 heterocycles. The maximum atomic E-state index is 5.86. The minimum atomic E-state index is 0.133. The molecular formula is C5H14ClNSi. The van der Waals surface area contributed by atoms with Crippen molar-refractivity contribution in [3.8, 4) is 0 Å². The van der Waals surface area contributed by atoms with Crippen molar-refractivity contribution in [1.82, 2.24) is 5.32 Å². The smallest absolute Gasteiger partial charge is 0.0841 e. The van der Waals surface area contributed by atoms with E-state index in [9.17, 15) is 0 Å². The first-order valence-corrected chi connectivity index (χ1v) is 4.23. The average Bonchev–Trinajstić information content (AvgIpc) is 1.62. The van der Waals surface area contributed by atoms with Crippen molar-refractivity contribution >= 4 is 21.8 Å². The highest BCUT2D eigenvalue weighted by Crippen LogP contribution is 2.25. The molecular weight excluding hydrogens is 138 g/mol. The Hall–Kier alpha value is 0.467. The van der Waals surface area contributed by atoms with Crippen LogP contribution in [0.2, 0.25) is 5.04 Å². The van der Waals surface area contributed by atoms with E-state index in [0.29, 0.717) is 5.04 Å². The molecule has 0 amide bonds. The lowest BCUT2D eigenvalue weighted by atomic mass is 10.2. The van der Waals surface area contributed by atoms with Crippen LogP contribution in [0.15, 0.2) is 0 Å². The summed E-state index contributed by atoms with van der Waals surface area (Å²) in [5.41, 5.74) is 0.133. The van der Waals surface area contributed by atoms with Crippen LogP contribution >= 0.6 is 11.6 Å². The lowest BCUT2D eigenvalue weighted by Crippen LogP contribution is -2.30. The van der Waals surface area contributed by atoms with Gasteiger partial charge in [0.2, 0.25) is 0 Å². The van der Waals surface area contributed by atoms with E-state index in [0.717, 1.165) is 10.2 Å². The Morgan fingerprint density at radius 2 is 2.00 bits per heavy atom. The SMILES string of the molecule is CNC(Cl)C(C)(C)[SiH3]. The third-order valence-corrected chi connectivity index (χ3v) is 2.83. The Morgan fingerprint density at radius 3 is 2.00 bits per heavy atom. The van der Waals surface area contributed by atoms with E-state index < -0.39 is 0 Å². The molecule has 0 bridgehead atoms. The first-order chi connectivity index (χ1) is 3.48. The maximum absolute atomic E-state index is 5.86. The number of halogens is 1. The van der Waals surface area contributed by atoms with Gasteiger partial charge >= 0.3 is 0 Å². The molecule has 1 unspecified atom stereocenters. The second-order valence-electron chi connectivity index (χ2n) is 3.02. The van der Waals surface area contributed by atoms with Gasteiger partial charge in [0.05, 0.1) is 5.50 Å². The molecule has 0 aromatic heterocycles. The number of nitrogens with one attached hydrogen (secondary N) is 1. The van der Waals surface area contributed by atoms with Crippen molar-refractivity contribution in [3.63, 3.8) is 0 Å². The van der Waals surface area contributed by atoms with Crippen molar-refractivity contribution in [1.29, 1.82) is 0 Å². The van der Waals surface area contributed by atoms with Gasteiger partial charge in [-0.2, -0.15) is 0 Å². The summed E-state index contributed by atoms with van der Waals surface area (Å²) in [6, 6.07) is 0. The topological polar surface area (TPSA) is 12.0 Å². The average molecular weight is 152 g/mol. The van der Waals surface area contributed by atoms with E-state index in [1.165, 1.54) is 0 Å². The summed E-state index contributed by atoms with van der Waals surface area (Å²) in [4.78, 5) is 0. The Labute approximate surface area is 59.2 Å². The molecule has 3 heteroatoms. The van der Waals surface area contributed by atoms with Crippen molar-refractivity contribution in [3.05, 3.63) is 0 Å². The maximum Gasteiger partial charge on any atom is 0.0841 e. The molecule has 1 N–H and O–H groups in total. The standard InChI is InChI=1S/C5H14ClNSi/c1-5(2,8)4(6)7-3/h4,7H,1-3,8H3. The van der Waals surface area contributed by atoms with Crippen LogP contribution in [0.1, 0.15) is 13.8 Å². The predicted molar refractivity (Wildman–Crippen MR) is 42.7 cm³/mol. The molecule has 8 heavy (non-hydrogen) atoms. The minimum Gasteiger partial charge on any atom is -0.304 e. The molecule has 1 nitrogen and oxygen atoms in total. The van der Waals surface area contributed by atoms with Crippen LogP contribution in [0, 0.1) is 0 Å². The van der Waals surface area contributed by atoms with Crippen LogP contribution in [0.5, 0.6) is 0 Å². The van der Waals surface area contributed by atoms with Gasteiger partial charge in [-0.3, -0.25) is 0 Å². The summed E-state index contributed by atoms with van der Waals surface area (Å²) < 4.78 is 0. The largest absolute Gasteiger partial charge is 0.304 e. The fourth-order valence-corrected chi connectivity index (χ4v) is 0.722. The summed E-state index contributed by atoms with van der Waals surface area (Å²) in [5, 5.41) is 3.31. The van der Waals surface area contributed by atoms with Crippen molar-refractivity contribution < 1.29 is 0 Å². The normalized spacial score (nSPS) is 16.5. The lowest BCUT2D eigenvalue weighted by Gasteiger charge is -2.23. The number of rotatable bonds is 2. The molecule has 0 spiro atoms. The van der Waals surface area contributed by atoms with Crippen LogP contribution in [0.4, 0.5) is 0 Å². The van der Waals surface area contributed by atoms with Crippen molar-refractivity contribution in [2.45, 2.75) is 24.4 Å². The van der Waals surface area contributed by atoms with Gasteiger partial charge < -0.3 is 5.32 Å². The Morgan fingerprint density at radius 1 is 1.62 bits per heavy atom. The molecule has 1 atom stereocenters. The number of hydrogen-bond acceptors (Lipinski definition) is 1. The van der Waals surface area contributed by atoms with Gasteiger partial charge in [-0.05, 0) is 12.1 Å². The fraction of sp³-hybridized carbons (Fsp3) is 1.00. The molecule has 0 aromatic rings. The zero-order valence-corrected chi connectivity index (χ0v) is 8.71. The molecule has 0 aliphatic carbocycles.